The Labute approximate surface area is 190 Å². The first-order chi connectivity index (χ1) is 16.1. The lowest BCUT2D eigenvalue weighted by Crippen LogP contribution is -2.30. The molecule has 0 radical (unpaired) electrons. The van der Waals surface area contributed by atoms with E-state index in [2.05, 4.69) is 33.8 Å². The van der Waals surface area contributed by atoms with E-state index in [1.54, 1.807) is 12.1 Å². The van der Waals surface area contributed by atoms with E-state index in [0.717, 1.165) is 44.9 Å². The minimum atomic E-state index is -1.54. The van der Waals surface area contributed by atoms with Crippen LogP contribution in [0.5, 0.6) is 0 Å². The Morgan fingerprint density at radius 1 is 0.909 bits per heavy atom. The fourth-order valence-corrected chi connectivity index (χ4v) is 4.06. The summed E-state index contributed by atoms with van der Waals surface area (Å²) in [5.41, 5.74) is 5.74. The van der Waals surface area contributed by atoms with Crippen LogP contribution in [-0.4, -0.2) is 46.1 Å². The van der Waals surface area contributed by atoms with Crippen LogP contribution in [0.1, 0.15) is 16.8 Å². The Kier molecular flexibility index (Phi) is 5.68. The summed E-state index contributed by atoms with van der Waals surface area (Å²) in [7, 11) is -1.54. The summed E-state index contributed by atoms with van der Waals surface area (Å²) in [4.78, 5) is 20.7. The third-order valence-electron chi connectivity index (χ3n) is 5.75. The fraction of sp³-hybridized carbons (Fsp3) is 0.120. The lowest BCUT2D eigenvalue weighted by Gasteiger charge is -2.12. The third kappa shape index (κ3) is 4.14. The molecule has 5 aromatic rings. The number of anilines is 1. The van der Waals surface area contributed by atoms with Crippen molar-refractivity contribution in [2.24, 2.45) is 0 Å². The van der Waals surface area contributed by atoms with Crippen molar-refractivity contribution >= 4 is 57.0 Å². The van der Waals surface area contributed by atoms with Crippen molar-refractivity contribution in [1.82, 2.24) is 15.3 Å². The smallest absolute Gasteiger partial charge is 0.423 e. The van der Waals surface area contributed by atoms with Crippen molar-refractivity contribution in [3.05, 3.63) is 78.4 Å². The number of carbonyl (C=O) groups is 1. The van der Waals surface area contributed by atoms with E-state index in [0.29, 0.717) is 24.1 Å². The molecule has 2 heterocycles. The second-order valence-electron chi connectivity index (χ2n) is 7.93. The summed E-state index contributed by atoms with van der Waals surface area (Å²) in [6.07, 6.45) is 0.734. The lowest BCUT2D eigenvalue weighted by molar-refractivity contribution is 0.0953. The number of aromatic nitrogens is 2. The van der Waals surface area contributed by atoms with Crippen molar-refractivity contribution in [2.45, 2.75) is 6.42 Å². The van der Waals surface area contributed by atoms with Gasteiger partial charge in [-0.1, -0.05) is 48.5 Å². The second kappa shape index (κ2) is 8.93. The van der Waals surface area contributed by atoms with Crippen LogP contribution in [0, 0.1) is 0 Å². The Morgan fingerprint density at radius 2 is 1.64 bits per heavy atom. The van der Waals surface area contributed by atoms with Gasteiger partial charge in [0.1, 0.15) is 0 Å². The van der Waals surface area contributed by atoms with Crippen molar-refractivity contribution in [3.63, 3.8) is 0 Å². The van der Waals surface area contributed by atoms with Gasteiger partial charge in [0.05, 0.1) is 22.2 Å². The quantitative estimate of drug-likeness (QED) is 0.198. The van der Waals surface area contributed by atoms with E-state index in [4.69, 9.17) is 15.0 Å². The molecule has 5 N–H and O–H groups in total. The van der Waals surface area contributed by atoms with E-state index in [1.807, 2.05) is 30.3 Å². The van der Waals surface area contributed by atoms with Crippen LogP contribution >= 0.6 is 0 Å². The Morgan fingerprint density at radius 3 is 2.42 bits per heavy atom. The molecule has 164 valence electrons. The van der Waals surface area contributed by atoms with Gasteiger partial charge in [-0.25, -0.2) is 4.98 Å². The molecule has 0 aliphatic rings. The molecule has 0 aliphatic carbocycles. The highest BCUT2D eigenvalue weighted by atomic mass is 16.4. The van der Waals surface area contributed by atoms with Gasteiger partial charge in [-0.05, 0) is 36.1 Å². The molecular formula is C25H23BN4O3. The zero-order valence-corrected chi connectivity index (χ0v) is 17.9. The number of aromatic amines is 1. The van der Waals surface area contributed by atoms with Crippen molar-refractivity contribution in [1.29, 1.82) is 0 Å². The van der Waals surface area contributed by atoms with Crippen LogP contribution in [0.25, 0.3) is 32.8 Å². The van der Waals surface area contributed by atoms with Gasteiger partial charge in [0.2, 0.25) is 0 Å². The van der Waals surface area contributed by atoms with E-state index < -0.39 is 7.12 Å². The standard InChI is InChI=1S/C25H23BN4O3/c31-25(16-10-12-17(13-11-16)26(32)33)28-15-5-14-27-22-18-6-1-3-8-20(18)29-23-19-7-2-4-9-21(19)30-24(22)23/h1-4,6-13,30,32-33H,5,14-15H2,(H,27,29)(H,28,31). The van der Waals surface area contributed by atoms with Crippen LogP contribution in [-0.2, 0) is 0 Å². The van der Waals surface area contributed by atoms with Gasteiger partial charge in [0.25, 0.3) is 5.91 Å². The maximum absolute atomic E-state index is 12.3. The average molecular weight is 438 g/mol. The number of para-hydroxylation sites is 2. The minimum Gasteiger partial charge on any atom is -0.423 e. The Hall–Kier alpha value is -3.88. The summed E-state index contributed by atoms with van der Waals surface area (Å²) in [5, 5.41) is 26.9. The maximum Gasteiger partial charge on any atom is 0.488 e. The topological polar surface area (TPSA) is 110 Å². The van der Waals surface area contributed by atoms with E-state index in [-0.39, 0.29) is 5.91 Å². The first kappa shape index (κ1) is 21.0. The normalized spacial score (nSPS) is 11.2. The molecule has 0 aliphatic heterocycles. The van der Waals surface area contributed by atoms with E-state index in [1.165, 1.54) is 12.1 Å². The average Bonchev–Trinajstić information content (AvgIpc) is 3.21. The SMILES string of the molecule is O=C(NCCCNc1c2ccccc2nc2c1[nH]c1ccccc12)c1ccc(B(O)O)cc1. The summed E-state index contributed by atoms with van der Waals surface area (Å²) in [5.74, 6) is -0.193. The molecule has 7 nitrogen and oxygen atoms in total. The Balaban J connectivity index is 1.29. The highest BCUT2D eigenvalue weighted by Gasteiger charge is 2.14. The number of pyridine rings is 1. The van der Waals surface area contributed by atoms with Crippen molar-refractivity contribution in [3.8, 4) is 0 Å². The zero-order chi connectivity index (χ0) is 22.8. The molecule has 0 unspecified atom stereocenters. The minimum absolute atomic E-state index is 0.193. The van der Waals surface area contributed by atoms with Crippen LogP contribution in [0.3, 0.4) is 0 Å². The van der Waals surface area contributed by atoms with Crippen LogP contribution in [0.2, 0.25) is 0 Å². The van der Waals surface area contributed by atoms with Gasteiger partial charge >= 0.3 is 7.12 Å². The highest BCUT2D eigenvalue weighted by molar-refractivity contribution is 6.58. The number of hydrogen-bond acceptors (Lipinski definition) is 5. The molecule has 5 rings (SSSR count). The van der Waals surface area contributed by atoms with Crippen LogP contribution in [0.15, 0.2) is 72.8 Å². The molecule has 2 aromatic heterocycles. The largest absolute Gasteiger partial charge is 0.488 e. The van der Waals surface area contributed by atoms with Crippen LogP contribution in [0.4, 0.5) is 5.69 Å². The number of hydrogen-bond donors (Lipinski definition) is 5. The molecule has 8 heteroatoms. The molecule has 3 aromatic carbocycles. The number of nitrogens with one attached hydrogen (secondary N) is 3. The summed E-state index contributed by atoms with van der Waals surface area (Å²) in [6, 6.07) is 22.4. The fourth-order valence-electron chi connectivity index (χ4n) is 4.06. The molecule has 0 saturated carbocycles. The predicted octanol–water partition coefficient (Wildman–Crippen LogP) is 2.78. The monoisotopic (exact) mass is 438 g/mol. The highest BCUT2D eigenvalue weighted by Crippen LogP contribution is 2.34. The maximum atomic E-state index is 12.3. The number of benzene rings is 3. The predicted molar refractivity (Wildman–Crippen MR) is 133 cm³/mol. The van der Waals surface area contributed by atoms with Crippen molar-refractivity contribution in [2.75, 3.05) is 18.4 Å². The van der Waals surface area contributed by atoms with Gasteiger partial charge in [-0.2, -0.15) is 0 Å². The van der Waals surface area contributed by atoms with Gasteiger partial charge in [0, 0.05) is 34.9 Å². The zero-order valence-electron chi connectivity index (χ0n) is 17.9. The van der Waals surface area contributed by atoms with Gasteiger partial charge < -0.3 is 25.7 Å². The Bertz CT molecular complexity index is 1450. The number of rotatable bonds is 7. The van der Waals surface area contributed by atoms with E-state index >= 15 is 0 Å². The molecular weight excluding hydrogens is 415 g/mol. The number of amides is 1. The number of carbonyl (C=O) groups excluding carboxylic acids is 1. The van der Waals surface area contributed by atoms with Gasteiger partial charge in [0.15, 0.2) is 0 Å². The summed E-state index contributed by atoms with van der Waals surface area (Å²) in [6.45, 7) is 1.18. The first-order valence-corrected chi connectivity index (χ1v) is 10.9. The second-order valence-corrected chi connectivity index (χ2v) is 7.93. The lowest BCUT2D eigenvalue weighted by atomic mass is 9.80. The van der Waals surface area contributed by atoms with Crippen molar-refractivity contribution < 1.29 is 14.8 Å². The van der Waals surface area contributed by atoms with Gasteiger partial charge in [-0.3, -0.25) is 4.79 Å². The summed E-state index contributed by atoms with van der Waals surface area (Å²) < 4.78 is 0. The number of nitrogens with zero attached hydrogens (tertiary/aromatic N) is 1. The third-order valence-corrected chi connectivity index (χ3v) is 5.75. The first-order valence-electron chi connectivity index (χ1n) is 10.9. The van der Waals surface area contributed by atoms with Gasteiger partial charge in [-0.15, -0.1) is 0 Å². The molecule has 0 saturated heterocycles. The molecule has 33 heavy (non-hydrogen) atoms. The molecule has 0 spiro atoms. The summed E-state index contributed by atoms with van der Waals surface area (Å²) >= 11 is 0. The number of fused-ring (bicyclic) bond motifs is 4. The van der Waals surface area contributed by atoms with E-state index in [9.17, 15) is 4.79 Å². The number of H-pyrrole nitrogens is 1. The molecule has 0 fully saturated rings. The molecule has 0 bridgehead atoms. The van der Waals surface area contributed by atoms with Crippen LogP contribution < -0.4 is 16.1 Å². The molecule has 0 atom stereocenters. The molecule has 1 amide bonds.